The first-order valence-electron chi connectivity index (χ1n) is 6.50. The quantitative estimate of drug-likeness (QED) is 0.821. The highest BCUT2D eigenvalue weighted by atomic mass is 15.3. The van der Waals surface area contributed by atoms with E-state index in [-0.39, 0.29) is 0 Å². The first-order valence-corrected chi connectivity index (χ1v) is 6.50. The SMILES string of the molecule is NCC1CCC(c2nnc3n2CCC3)CC1. The molecule has 0 atom stereocenters. The zero-order chi connectivity index (χ0) is 11.0. The average Bonchev–Trinajstić information content (AvgIpc) is 2.91. The number of hydrogen-bond acceptors (Lipinski definition) is 3. The number of fused-ring (bicyclic) bond motifs is 1. The third-order valence-corrected chi connectivity index (χ3v) is 4.18. The number of hydrogen-bond donors (Lipinski definition) is 1. The third-order valence-electron chi connectivity index (χ3n) is 4.18. The van der Waals surface area contributed by atoms with Gasteiger partial charge in [0, 0.05) is 18.9 Å². The van der Waals surface area contributed by atoms with Crippen LogP contribution in [0, 0.1) is 5.92 Å². The molecular formula is C12H20N4. The topological polar surface area (TPSA) is 56.7 Å². The highest BCUT2D eigenvalue weighted by Gasteiger charge is 2.27. The fourth-order valence-corrected chi connectivity index (χ4v) is 3.13. The van der Waals surface area contributed by atoms with Crippen LogP contribution in [-0.4, -0.2) is 21.3 Å². The molecule has 0 aromatic carbocycles. The van der Waals surface area contributed by atoms with Crippen LogP contribution in [0.2, 0.25) is 0 Å². The Labute approximate surface area is 96.2 Å². The summed E-state index contributed by atoms with van der Waals surface area (Å²) in [5.41, 5.74) is 5.72. The molecule has 1 saturated carbocycles. The first-order chi connectivity index (χ1) is 7.88. The Morgan fingerprint density at radius 3 is 2.75 bits per heavy atom. The Morgan fingerprint density at radius 2 is 2.00 bits per heavy atom. The highest BCUT2D eigenvalue weighted by Crippen LogP contribution is 2.35. The van der Waals surface area contributed by atoms with Crippen LogP contribution in [0.25, 0.3) is 0 Å². The van der Waals surface area contributed by atoms with Crippen LogP contribution in [0.15, 0.2) is 0 Å². The Balaban J connectivity index is 1.73. The summed E-state index contributed by atoms with van der Waals surface area (Å²) < 4.78 is 2.35. The summed E-state index contributed by atoms with van der Waals surface area (Å²) in [6.45, 7) is 1.99. The molecule has 3 rings (SSSR count). The summed E-state index contributed by atoms with van der Waals surface area (Å²) >= 11 is 0. The second kappa shape index (κ2) is 4.17. The molecule has 0 bridgehead atoms. The smallest absolute Gasteiger partial charge is 0.136 e. The lowest BCUT2D eigenvalue weighted by atomic mass is 9.81. The lowest BCUT2D eigenvalue weighted by molar-refractivity contribution is 0.320. The van der Waals surface area contributed by atoms with Crippen LogP contribution in [-0.2, 0) is 13.0 Å². The van der Waals surface area contributed by atoms with Crippen LogP contribution in [0.3, 0.4) is 0 Å². The third kappa shape index (κ3) is 1.65. The van der Waals surface area contributed by atoms with Crippen LogP contribution in [0.5, 0.6) is 0 Å². The van der Waals surface area contributed by atoms with E-state index in [4.69, 9.17) is 5.73 Å². The van der Waals surface area contributed by atoms with Gasteiger partial charge in [-0.2, -0.15) is 0 Å². The van der Waals surface area contributed by atoms with Crippen molar-refractivity contribution in [3.05, 3.63) is 11.6 Å². The number of aryl methyl sites for hydroxylation is 1. The van der Waals surface area contributed by atoms with Gasteiger partial charge in [-0.05, 0) is 44.6 Å². The largest absolute Gasteiger partial charge is 0.330 e. The predicted molar refractivity (Wildman–Crippen MR) is 62.1 cm³/mol. The molecule has 0 radical (unpaired) electrons. The van der Waals surface area contributed by atoms with Crippen molar-refractivity contribution < 1.29 is 0 Å². The molecule has 2 heterocycles. The normalized spacial score (nSPS) is 29.3. The van der Waals surface area contributed by atoms with Crippen molar-refractivity contribution in [1.82, 2.24) is 14.8 Å². The van der Waals surface area contributed by atoms with Gasteiger partial charge in [-0.15, -0.1) is 10.2 Å². The average molecular weight is 220 g/mol. The second-order valence-corrected chi connectivity index (χ2v) is 5.18. The molecule has 2 aliphatic rings. The van der Waals surface area contributed by atoms with Crippen molar-refractivity contribution in [2.75, 3.05) is 6.54 Å². The van der Waals surface area contributed by atoms with Gasteiger partial charge in [0.25, 0.3) is 0 Å². The predicted octanol–water partition coefficient (Wildman–Crippen LogP) is 1.46. The molecule has 4 heteroatoms. The minimum Gasteiger partial charge on any atom is -0.330 e. The standard InChI is InChI=1S/C12H20N4/c13-8-9-3-5-10(6-4-9)12-15-14-11-2-1-7-16(11)12/h9-10H,1-8,13H2. The Morgan fingerprint density at radius 1 is 1.19 bits per heavy atom. The van der Waals surface area contributed by atoms with Gasteiger partial charge >= 0.3 is 0 Å². The van der Waals surface area contributed by atoms with Gasteiger partial charge in [-0.25, -0.2) is 0 Å². The first kappa shape index (κ1) is 10.3. The highest BCUT2D eigenvalue weighted by molar-refractivity contribution is 5.06. The molecule has 4 nitrogen and oxygen atoms in total. The van der Waals surface area contributed by atoms with E-state index < -0.39 is 0 Å². The van der Waals surface area contributed by atoms with Crippen molar-refractivity contribution in [1.29, 1.82) is 0 Å². The van der Waals surface area contributed by atoms with Gasteiger partial charge in [-0.1, -0.05) is 0 Å². The van der Waals surface area contributed by atoms with E-state index >= 15 is 0 Å². The van der Waals surface area contributed by atoms with Crippen molar-refractivity contribution in [2.45, 2.75) is 51.0 Å². The summed E-state index contributed by atoms with van der Waals surface area (Å²) in [6, 6.07) is 0. The maximum atomic E-state index is 5.72. The van der Waals surface area contributed by atoms with Gasteiger partial charge < -0.3 is 10.3 Å². The summed E-state index contributed by atoms with van der Waals surface area (Å²) in [7, 11) is 0. The molecular weight excluding hydrogens is 200 g/mol. The van der Waals surface area contributed by atoms with Gasteiger partial charge in [0.15, 0.2) is 0 Å². The molecule has 0 unspecified atom stereocenters. The molecule has 0 spiro atoms. The Bertz CT molecular complexity index is 363. The van der Waals surface area contributed by atoms with E-state index in [2.05, 4.69) is 14.8 Å². The second-order valence-electron chi connectivity index (χ2n) is 5.18. The molecule has 2 N–H and O–H groups in total. The van der Waals surface area contributed by atoms with Gasteiger partial charge in [-0.3, -0.25) is 0 Å². The summed E-state index contributed by atoms with van der Waals surface area (Å²) in [6.07, 6.45) is 7.40. The van der Waals surface area contributed by atoms with E-state index in [9.17, 15) is 0 Å². The van der Waals surface area contributed by atoms with Crippen LogP contribution >= 0.6 is 0 Å². The van der Waals surface area contributed by atoms with E-state index in [1.54, 1.807) is 0 Å². The number of rotatable bonds is 2. The maximum Gasteiger partial charge on any atom is 0.136 e. The summed E-state index contributed by atoms with van der Waals surface area (Å²) in [5.74, 6) is 3.85. The monoisotopic (exact) mass is 220 g/mol. The van der Waals surface area contributed by atoms with E-state index in [1.807, 2.05) is 0 Å². The number of nitrogens with two attached hydrogens (primary N) is 1. The van der Waals surface area contributed by atoms with E-state index in [0.717, 1.165) is 25.4 Å². The zero-order valence-corrected chi connectivity index (χ0v) is 9.73. The fraction of sp³-hybridized carbons (Fsp3) is 0.833. The molecule has 16 heavy (non-hydrogen) atoms. The van der Waals surface area contributed by atoms with Crippen molar-refractivity contribution in [3.8, 4) is 0 Å². The zero-order valence-electron chi connectivity index (χ0n) is 9.73. The Hall–Kier alpha value is -0.900. The molecule has 0 saturated heterocycles. The van der Waals surface area contributed by atoms with Gasteiger partial charge in [0.05, 0.1) is 0 Å². The van der Waals surface area contributed by atoms with Crippen LogP contribution in [0.4, 0.5) is 0 Å². The molecule has 1 fully saturated rings. The van der Waals surface area contributed by atoms with Crippen molar-refractivity contribution in [2.24, 2.45) is 11.7 Å². The molecule has 0 amide bonds. The molecule has 1 aliphatic heterocycles. The lowest BCUT2D eigenvalue weighted by Crippen LogP contribution is -2.22. The molecule has 1 aliphatic carbocycles. The van der Waals surface area contributed by atoms with Crippen LogP contribution < -0.4 is 5.73 Å². The van der Waals surface area contributed by atoms with Gasteiger partial charge in [0.1, 0.15) is 11.6 Å². The number of aromatic nitrogens is 3. The summed E-state index contributed by atoms with van der Waals surface area (Å²) in [5, 5.41) is 8.69. The molecule has 88 valence electrons. The van der Waals surface area contributed by atoms with E-state index in [1.165, 1.54) is 43.8 Å². The lowest BCUT2D eigenvalue weighted by Gasteiger charge is -2.26. The van der Waals surface area contributed by atoms with Gasteiger partial charge in [0.2, 0.25) is 0 Å². The minimum absolute atomic E-state index is 0.641. The Kier molecular flexibility index (Phi) is 2.67. The van der Waals surface area contributed by atoms with Crippen molar-refractivity contribution >= 4 is 0 Å². The summed E-state index contributed by atoms with van der Waals surface area (Å²) in [4.78, 5) is 0. The number of nitrogens with zero attached hydrogens (tertiary/aromatic N) is 3. The minimum atomic E-state index is 0.641. The fourth-order valence-electron chi connectivity index (χ4n) is 3.13. The molecule has 1 aromatic rings. The molecule has 1 aromatic heterocycles. The van der Waals surface area contributed by atoms with Crippen molar-refractivity contribution in [3.63, 3.8) is 0 Å². The maximum absolute atomic E-state index is 5.72. The van der Waals surface area contributed by atoms with Crippen LogP contribution in [0.1, 0.15) is 49.7 Å². The van der Waals surface area contributed by atoms with E-state index in [0.29, 0.717) is 5.92 Å².